The molecule has 1 aliphatic rings. The first-order chi connectivity index (χ1) is 5.52. The van der Waals surface area contributed by atoms with E-state index in [2.05, 4.69) is 26.1 Å². The molecule has 2 N–H and O–H groups in total. The first-order valence-electron chi connectivity index (χ1n) is 4.98. The molecule has 0 aliphatic heterocycles. The summed E-state index contributed by atoms with van der Waals surface area (Å²) in [7, 11) is 0. The summed E-state index contributed by atoms with van der Waals surface area (Å²) in [5, 5.41) is 12.9. The third kappa shape index (κ3) is 2.76. The van der Waals surface area contributed by atoms with E-state index in [1.165, 1.54) is 0 Å². The fraction of sp³-hybridized carbons (Fsp3) is 1.00. The summed E-state index contributed by atoms with van der Waals surface area (Å²) < 4.78 is 0. The Hall–Kier alpha value is -0.0800. The molecule has 0 saturated heterocycles. The van der Waals surface area contributed by atoms with Gasteiger partial charge in [0, 0.05) is 11.6 Å². The van der Waals surface area contributed by atoms with Gasteiger partial charge in [0.1, 0.15) is 0 Å². The lowest BCUT2D eigenvalue weighted by Gasteiger charge is -2.38. The van der Waals surface area contributed by atoms with Crippen molar-refractivity contribution in [3.63, 3.8) is 0 Å². The molecule has 0 unspecified atom stereocenters. The number of aliphatic hydroxyl groups is 1. The van der Waals surface area contributed by atoms with Crippen molar-refractivity contribution in [1.82, 2.24) is 5.32 Å². The van der Waals surface area contributed by atoms with Gasteiger partial charge in [0.05, 0.1) is 6.10 Å². The van der Waals surface area contributed by atoms with Crippen molar-refractivity contribution >= 4 is 0 Å². The van der Waals surface area contributed by atoms with Gasteiger partial charge in [-0.2, -0.15) is 0 Å². The lowest BCUT2D eigenvalue weighted by molar-refractivity contribution is 0.0866. The molecule has 0 radical (unpaired) electrons. The van der Waals surface area contributed by atoms with Crippen molar-refractivity contribution in [3.05, 3.63) is 0 Å². The molecule has 1 fully saturated rings. The molecule has 0 bridgehead atoms. The fourth-order valence-electron chi connectivity index (χ4n) is 2.08. The molecule has 1 saturated carbocycles. The quantitative estimate of drug-likeness (QED) is 0.662. The van der Waals surface area contributed by atoms with Crippen LogP contribution in [0.2, 0.25) is 0 Å². The number of hydrogen-bond donors (Lipinski definition) is 2. The van der Waals surface area contributed by atoms with Crippen LogP contribution in [0.15, 0.2) is 0 Å². The van der Waals surface area contributed by atoms with Gasteiger partial charge >= 0.3 is 0 Å². The molecule has 2 heteroatoms. The van der Waals surface area contributed by atoms with Crippen LogP contribution in [0, 0.1) is 0 Å². The van der Waals surface area contributed by atoms with Crippen LogP contribution in [-0.4, -0.2) is 22.8 Å². The van der Waals surface area contributed by atoms with Gasteiger partial charge in [-0.1, -0.05) is 13.8 Å². The molecular formula is C10H21NO. The lowest BCUT2D eigenvalue weighted by Crippen LogP contribution is -2.49. The van der Waals surface area contributed by atoms with Gasteiger partial charge in [-0.3, -0.25) is 0 Å². The molecule has 0 aromatic heterocycles. The number of nitrogens with one attached hydrogen (secondary N) is 1. The third-order valence-electron chi connectivity index (χ3n) is 2.70. The van der Waals surface area contributed by atoms with Gasteiger partial charge < -0.3 is 10.4 Å². The van der Waals surface area contributed by atoms with Crippen LogP contribution >= 0.6 is 0 Å². The molecular weight excluding hydrogens is 150 g/mol. The predicted molar refractivity (Wildman–Crippen MR) is 51.2 cm³/mol. The standard InChI is InChI=1S/C10H21NO/c1-8(2)11-10(3)6-4-9(12)5-7-10/h8-9,11-12H,4-7H2,1-3H3/t9-,10-. The number of rotatable bonds is 2. The van der Waals surface area contributed by atoms with Crippen molar-refractivity contribution in [2.45, 2.75) is 64.1 Å². The molecule has 72 valence electrons. The summed E-state index contributed by atoms with van der Waals surface area (Å²) in [5.41, 5.74) is 0.271. The van der Waals surface area contributed by atoms with Gasteiger partial charge in [0.2, 0.25) is 0 Å². The smallest absolute Gasteiger partial charge is 0.0541 e. The first kappa shape index (κ1) is 10.0. The lowest BCUT2D eigenvalue weighted by atomic mass is 9.81. The minimum atomic E-state index is -0.0490. The first-order valence-corrected chi connectivity index (χ1v) is 4.98. The second-order valence-electron chi connectivity index (χ2n) is 4.59. The molecule has 0 atom stereocenters. The molecule has 0 heterocycles. The Kier molecular flexibility index (Phi) is 3.13. The summed E-state index contributed by atoms with van der Waals surface area (Å²) in [6.07, 6.45) is 4.07. The normalized spacial score (nSPS) is 37.2. The second-order valence-corrected chi connectivity index (χ2v) is 4.59. The number of aliphatic hydroxyl groups excluding tert-OH is 1. The molecule has 12 heavy (non-hydrogen) atoms. The Morgan fingerprint density at radius 1 is 1.33 bits per heavy atom. The van der Waals surface area contributed by atoms with E-state index in [4.69, 9.17) is 0 Å². The summed E-state index contributed by atoms with van der Waals surface area (Å²) >= 11 is 0. The van der Waals surface area contributed by atoms with Crippen molar-refractivity contribution in [3.8, 4) is 0 Å². The zero-order chi connectivity index (χ0) is 9.19. The van der Waals surface area contributed by atoms with Crippen LogP contribution in [-0.2, 0) is 0 Å². The van der Waals surface area contributed by atoms with Gasteiger partial charge in [0.15, 0.2) is 0 Å². The van der Waals surface area contributed by atoms with Crippen molar-refractivity contribution in [1.29, 1.82) is 0 Å². The van der Waals surface area contributed by atoms with E-state index in [1.807, 2.05) is 0 Å². The molecule has 0 aromatic rings. The minimum Gasteiger partial charge on any atom is -0.393 e. The van der Waals surface area contributed by atoms with Crippen molar-refractivity contribution in [2.24, 2.45) is 0 Å². The summed E-state index contributed by atoms with van der Waals surface area (Å²) in [5.74, 6) is 0. The second kappa shape index (κ2) is 3.75. The maximum atomic E-state index is 9.35. The molecule has 0 spiro atoms. The largest absolute Gasteiger partial charge is 0.393 e. The highest BCUT2D eigenvalue weighted by Crippen LogP contribution is 2.28. The highest BCUT2D eigenvalue weighted by Gasteiger charge is 2.30. The van der Waals surface area contributed by atoms with Crippen LogP contribution < -0.4 is 5.32 Å². The Balaban J connectivity index is 2.39. The van der Waals surface area contributed by atoms with E-state index in [9.17, 15) is 5.11 Å². The Morgan fingerprint density at radius 2 is 1.83 bits per heavy atom. The summed E-state index contributed by atoms with van der Waals surface area (Å²) in [6, 6.07) is 0.547. The molecule has 1 aliphatic carbocycles. The summed E-state index contributed by atoms with van der Waals surface area (Å²) in [6.45, 7) is 6.62. The molecule has 0 aromatic carbocycles. The van der Waals surface area contributed by atoms with Crippen LogP contribution in [0.1, 0.15) is 46.5 Å². The van der Waals surface area contributed by atoms with Crippen molar-refractivity contribution < 1.29 is 5.11 Å². The van der Waals surface area contributed by atoms with E-state index in [0.717, 1.165) is 25.7 Å². The van der Waals surface area contributed by atoms with Gasteiger partial charge in [-0.15, -0.1) is 0 Å². The average molecular weight is 171 g/mol. The van der Waals surface area contributed by atoms with E-state index in [1.54, 1.807) is 0 Å². The Morgan fingerprint density at radius 3 is 2.25 bits per heavy atom. The molecule has 2 nitrogen and oxygen atoms in total. The van der Waals surface area contributed by atoms with Crippen LogP contribution in [0.5, 0.6) is 0 Å². The maximum absolute atomic E-state index is 9.35. The zero-order valence-corrected chi connectivity index (χ0v) is 8.43. The van der Waals surface area contributed by atoms with Gasteiger partial charge in [0.25, 0.3) is 0 Å². The number of hydrogen-bond acceptors (Lipinski definition) is 2. The van der Waals surface area contributed by atoms with Gasteiger partial charge in [-0.05, 0) is 32.6 Å². The topological polar surface area (TPSA) is 32.3 Å². The van der Waals surface area contributed by atoms with Crippen molar-refractivity contribution in [2.75, 3.05) is 0 Å². The SMILES string of the molecule is CC(C)N[C@]1(C)CC[C@@H](O)CC1. The van der Waals surface area contributed by atoms with E-state index >= 15 is 0 Å². The van der Waals surface area contributed by atoms with Crippen LogP contribution in [0.3, 0.4) is 0 Å². The van der Waals surface area contributed by atoms with Gasteiger partial charge in [-0.25, -0.2) is 0 Å². The predicted octanol–water partition coefficient (Wildman–Crippen LogP) is 1.68. The highest BCUT2D eigenvalue weighted by atomic mass is 16.3. The average Bonchev–Trinajstić information content (AvgIpc) is 1.94. The van der Waals surface area contributed by atoms with E-state index in [-0.39, 0.29) is 11.6 Å². The zero-order valence-electron chi connectivity index (χ0n) is 8.43. The fourth-order valence-corrected chi connectivity index (χ4v) is 2.08. The highest BCUT2D eigenvalue weighted by molar-refractivity contribution is 4.89. The minimum absolute atomic E-state index is 0.0490. The summed E-state index contributed by atoms with van der Waals surface area (Å²) in [4.78, 5) is 0. The van der Waals surface area contributed by atoms with Crippen LogP contribution in [0.4, 0.5) is 0 Å². The third-order valence-corrected chi connectivity index (χ3v) is 2.70. The van der Waals surface area contributed by atoms with Crippen LogP contribution in [0.25, 0.3) is 0 Å². The van der Waals surface area contributed by atoms with E-state index in [0.29, 0.717) is 6.04 Å². The maximum Gasteiger partial charge on any atom is 0.0541 e. The molecule has 1 rings (SSSR count). The Bertz CT molecular complexity index is 137. The van der Waals surface area contributed by atoms with E-state index < -0.39 is 0 Å². The molecule has 0 amide bonds. The Labute approximate surface area is 75.4 Å². The monoisotopic (exact) mass is 171 g/mol.